The van der Waals surface area contributed by atoms with E-state index in [0.717, 1.165) is 22.4 Å². The first kappa shape index (κ1) is 25.9. The molecule has 1 aliphatic heterocycles. The van der Waals surface area contributed by atoms with Gasteiger partial charge in [0.25, 0.3) is 5.91 Å². The zero-order chi connectivity index (χ0) is 26.4. The molecule has 1 fully saturated rings. The first-order valence-electron chi connectivity index (χ1n) is 12.6. The highest BCUT2D eigenvalue weighted by Gasteiger charge is 2.49. The summed E-state index contributed by atoms with van der Waals surface area (Å²) in [5.74, 6) is 0.334. The fourth-order valence-corrected chi connectivity index (χ4v) is 4.28. The van der Waals surface area contributed by atoms with Crippen LogP contribution in [0, 0.1) is 5.92 Å². The van der Waals surface area contributed by atoms with E-state index in [1.54, 1.807) is 31.2 Å². The predicted molar refractivity (Wildman–Crippen MR) is 143 cm³/mol. The van der Waals surface area contributed by atoms with Crippen molar-refractivity contribution in [2.24, 2.45) is 5.92 Å². The highest BCUT2D eigenvalue weighted by atomic mass is 16.5. The van der Waals surface area contributed by atoms with Crippen LogP contribution in [-0.4, -0.2) is 35.9 Å². The molecule has 192 valence electrons. The summed E-state index contributed by atoms with van der Waals surface area (Å²) in [4.78, 5) is 39.9. The Hall–Kier alpha value is -4.13. The van der Waals surface area contributed by atoms with Crippen LogP contribution in [0.5, 0.6) is 5.75 Å². The monoisotopic (exact) mass is 499 g/mol. The van der Waals surface area contributed by atoms with Gasteiger partial charge in [0, 0.05) is 5.69 Å². The molecule has 1 aliphatic rings. The first-order chi connectivity index (χ1) is 17.8. The molecule has 0 bridgehead atoms. The SMILES string of the molecule is CC(C)CCOc1ccc([C@]2(C)NC(=O)N(CC(=O)Nc3ccccc3Cc3ccccc3)C2=O)cc1. The molecule has 0 radical (unpaired) electrons. The number of hydrogen-bond donors (Lipinski definition) is 2. The average Bonchev–Trinajstić information content (AvgIpc) is 3.09. The summed E-state index contributed by atoms with van der Waals surface area (Å²) in [6.07, 6.45) is 1.59. The van der Waals surface area contributed by atoms with Gasteiger partial charge in [-0.15, -0.1) is 0 Å². The summed E-state index contributed by atoms with van der Waals surface area (Å²) in [6.45, 7) is 6.15. The van der Waals surface area contributed by atoms with E-state index in [2.05, 4.69) is 24.5 Å². The Morgan fingerprint density at radius 3 is 2.35 bits per heavy atom. The number of hydrogen-bond acceptors (Lipinski definition) is 4. The third kappa shape index (κ3) is 6.17. The van der Waals surface area contributed by atoms with Crippen molar-refractivity contribution < 1.29 is 19.1 Å². The largest absolute Gasteiger partial charge is 0.494 e. The van der Waals surface area contributed by atoms with E-state index in [0.29, 0.717) is 35.9 Å². The Balaban J connectivity index is 1.41. The maximum atomic E-state index is 13.3. The molecule has 1 saturated heterocycles. The lowest BCUT2D eigenvalue weighted by Crippen LogP contribution is -2.42. The van der Waals surface area contributed by atoms with Gasteiger partial charge in [-0.2, -0.15) is 0 Å². The second-order valence-electron chi connectivity index (χ2n) is 9.87. The number of imide groups is 1. The van der Waals surface area contributed by atoms with Crippen molar-refractivity contribution in [3.8, 4) is 5.75 Å². The molecule has 0 unspecified atom stereocenters. The number of rotatable bonds is 10. The smallest absolute Gasteiger partial charge is 0.325 e. The standard InChI is InChI=1S/C30H33N3O4/c1-21(2)17-18-37-25-15-13-24(14-16-25)30(3)28(35)33(29(36)32-30)20-27(34)31-26-12-8-7-11-23(26)19-22-9-5-4-6-10-22/h4-16,21H,17-20H2,1-3H3,(H,31,34)(H,32,36)/t30-/m0/s1. The molecule has 0 aromatic heterocycles. The maximum absolute atomic E-state index is 13.3. The normalized spacial score (nSPS) is 17.1. The predicted octanol–water partition coefficient (Wildman–Crippen LogP) is 5.11. The van der Waals surface area contributed by atoms with Gasteiger partial charge >= 0.3 is 6.03 Å². The highest BCUT2D eigenvalue weighted by Crippen LogP contribution is 2.30. The molecule has 7 heteroatoms. The topological polar surface area (TPSA) is 87.7 Å². The molecule has 4 amide bonds. The van der Waals surface area contributed by atoms with Gasteiger partial charge in [-0.25, -0.2) is 4.79 Å². The van der Waals surface area contributed by atoms with Gasteiger partial charge in [0.15, 0.2) is 0 Å². The van der Waals surface area contributed by atoms with Crippen molar-refractivity contribution >= 4 is 23.5 Å². The van der Waals surface area contributed by atoms with Gasteiger partial charge in [0.1, 0.15) is 17.8 Å². The Kier molecular flexibility index (Phi) is 7.92. The lowest BCUT2D eigenvalue weighted by molar-refractivity contribution is -0.133. The Bertz CT molecular complexity index is 1260. The molecule has 1 heterocycles. The van der Waals surface area contributed by atoms with Crippen molar-refractivity contribution in [2.45, 2.75) is 39.2 Å². The summed E-state index contributed by atoms with van der Waals surface area (Å²) in [7, 11) is 0. The number of ether oxygens (including phenoxy) is 1. The summed E-state index contributed by atoms with van der Waals surface area (Å²) in [5.41, 5.74) is 2.07. The third-order valence-corrected chi connectivity index (χ3v) is 6.50. The molecule has 0 saturated carbocycles. The second kappa shape index (κ2) is 11.3. The van der Waals surface area contributed by atoms with Crippen molar-refractivity contribution in [2.75, 3.05) is 18.5 Å². The number of para-hydroxylation sites is 1. The van der Waals surface area contributed by atoms with Crippen LogP contribution in [0.3, 0.4) is 0 Å². The summed E-state index contributed by atoms with van der Waals surface area (Å²) in [6, 6.07) is 24.0. The van der Waals surface area contributed by atoms with Crippen LogP contribution in [0.4, 0.5) is 10.5 Å². The number of carbonyl (C=O) groups excluding carboxylic acids is 3. The minimum absolute atomic E-state index is 0.379. The number of nitrogens with zero attached hydrogens (tertiary/aromatic N) is 1. The van der Waals surface area contributed by atoms with E-state index in [1.165, 1.54) is 0 Å². The third-order valence-electron chi connectivity index (χ3n) is 6.50. The van der Waals surface area contributed by atoms with Crippen molar-refractivity contribution in [1.82, 2.24) is 10.2 Å². The van der Waals surface area contributed by atoms with Crippen molar-refractivity contribution in [1.29, 1.82) is 0 Å². The van der Waals surface area contributed by atoms with E-state index in [-0.39, 0.29) is 6.54 Å². The Labute approximate surface area is 217 Å². The van der Waals surface area contributed by atoms with Crippen LogP contribution in [0.1, 0.15) is 43.9 Å². The van der Waals surface area contributed by atoms with Gasteiger partial charge in [0.2, 0.25) is 5.91 Å². The number of urea groups is 1. The van der Waals surface area contributed by atoms with Crippen molar-refractivity contribution in [3.05, 3.63) is 95.6 Å². The molecule has 37 heavy (non-hydrogen) atoms. The van der Waals surface area contributed by atoms with E-state index in [4.69, 9.17) is 4.74 Å². The molecule has 0 aliphatic carbocycles. The van der Waals surface area contributed by atoms with Crippen LogP contribution >= 0.6 is 0 Å². The van der Waals surface area contributed by atoms with E-state index >= 15 is 0 Å². The molecule has 0 spiro atoms. The van der Waals surface area contributed by atoms with E-state index in [1.807, 2.05) is 54.6 Å². The molecular formula is C30H33N3O4. The Morgan fingerprint density at radius 1 is 0.973 bits per heavy atom. The molecule has 4 rings (SSSR count). The molecule has 3 aromatic carbocycles. The van der Waals surface area contributed by atoms with Crippen LogP contribution in [0.25, 0.3) is 0 Å². The lowest BCUT2D eigenvalue weighted by Gasteiger charge is -2.22. The highest BCUT2D eigenvalue weighted by molar-refractivity contribution is 6.10. The fourth-order valence-electron chi connectivity index (χ4n) is 4.28. The first-order valence-corrected chi connectivity index (χ1v) is 12.6. The summed E-state index contributed by atoms with van der Waals surface area (Å²) < 4.78 is 5.76. The van der Waals surface area contributed by atoms with Crippen molar-refractivity contribution in [3.63, 3.8) is 0 Å². The molecule has 3 aromatic rings. The zero-order valence-corrected chi connectivity index (χ0v) is 21.5. The second-order valence-corrected chi connectivity index (χ2v) is 9.87. The zero-order valence-electron chi connectivity index (χ0n) is 21.5. The van der Waals surface area contributed by atoms with Crippen LogP contribution in [0.15, 0.2) is 78.9 Å². The Morgan fingerprint density at radius 2 is 1.65 bits per heavy atom. The van der Waals surface area contributed by atoms with Gasteiger partial charge in [-0.1, -0.05) is 74.5 Å². The molecule has 1 atom stereocenters. The van der Waals surface area contributed by atoms with E-state index in [9.17, 15) is 14.4 Å². The van der Waals surface area contributed by atoms with Gasteiger partial charge in [0.05, 0.1) is 6.61 Å². The average molecular weight is 500 g/mol. The van der Waals surface area contributed by atoms with Crippen LogP contribution in [0.2, 0.25) is 0 Å². The lowest BCUT2D eigenvalue weighted by atomic mass is 9.92. The van der Waals surface area contributed by atoms with Gasteiger partial charge in [-0.3, -0.25) is 14.5 Å². The number of benzene rings is 3. The van der Waals surface area contributed by atoms with E-state index < -0.39 is 23.4 Å². The van der Waals surface area contributed by atoms with Crippen LogP contribution < -0.4 is 15.4 Å². The number of nitrogens with one attached hydrogen (secondary N) is 2. The summed E-state index contributed by atoms with van der Waals surface area (Å²) in [5, 5.41) is 5.63. The van der Waals surface area contributed by atoms with Gasteiger partial charge < -0.3 is 15.4 Å². The van der Waals surface area contributed by atoms with Crippen LogP contribution in [-0.2, 0) is 21.5 Å². The molecular weight excluding hydrogens is 466 g/mol. The number of amides is 4. The minimum Gasteiger partial charge on any atom is -0.494 e. The summed E-state index contributed by atoms with van der Waals surface area (Å²) >= 11 is 0. The quantitative estimate of drug-likeness (QED) is 0.380. The minimum atomic E-state index is -1.26. The number of anilines is 1. The maximum Gasteiger partial charge on any atom is 0.325 e. The molecule has 7 nitrogen and oxygen atoms in total. The number of carbonyl (C=O) groups is 3. The molecule has 2 N–H and O–H groups in total. The van der Waals surface area contributed by atoms with Gasteiger partial charge in [-0.05, 0) is 60.6 Å². The fraction of sp³-hybridized carbons (Fsp3) is 0.300.